The summed E-state index contributed by atoms with van der Waals surface area (Å²) in [5, 5.41) is 10.5. The molecule has 0 radical (unpaired) electrons. The first-order chi connectivity index (χ1) is 10.7. The second kappa shape index (κ2) is 4.54. The fourth-order valence-corrected chi connectivity index (χ4v) is 3.02. The van der Waals surface area contributed by atoms with Crippen LogP contribution in [0.3, 0.4) is 0 Å². The predicted octanol–water partition coefficient (Wildman–Crippen LogP) is 3.85. The molecule has 1 aromatic heterocycles. The third-order valence-electron chi connectivity index (χ3n) is 4.09. The number of aryl methyl sites for hydroxylation is 1. The highest BCUT2D eigenvalue weighted by Crippen LogP contribution is 2.36. The van der Waals surface area contributed by atoms with Gasteiger partial charge in [0.05, 0.1) is 11.1 Å². The van der Waals surface area contributed by atoms with Gasteiger partial charge in [-0.1, -0.05) is 12.1 Å². The first-order valence-corrected chi connectivity index (χ1v) is 7.11. The minimum Gasteiger partial charge on any atom is -0.454 e. The topological polar surface area (TPSA) is 47.2 Å². The third kappa shape index (κ3) is 1.69. The summed E-state index contributed by atoms with van der Waals surface area (Å²) in [5.41, 5.74) is 4.82. The Hall–Kier alpha value is -2.93. The number of benzene rings is 2. The molecule has 0 atom stereocenters. The molecule has 3 aromatic rings. The van der Waals surface area contributed by atoms with Crippen LogP contribution < -0.4 is 9.47 Å². The number of hydrogen-bond donors (Lipinski definition) is 0. The molecular weight excluding hydrogens is 276 g/mol. The summed E-state index contributed by atoms with van der Waals surface area (Å²) in [6.07, 6.45) is 0. The van der Waals surface area contributed by atoms with Crippen molar-refractivity contribution in [1.29, 1.82) is 5.26 Å². The summed E-state index contributed by atoms with van der Waals surface area (Å²) in [4.78, 5) is 0. The van der Waals surface area contributed by atoms with Crippen molar-refractivity contribution in [3.63, 3.8) is 0 Å². The number of fused-ring (bicyclic) bond motifs is 2. The van der Waals surface area contributed by atoms with Crippen LogP contribution in [-0.2, 0) is 0 Å². The summed E-state index contributed by atoms with van der Waals surface area (Å²) in [5.74, 6) is 1.50. The highest BCUT2D eigenvalue weighted by Gasteiger charge is 2.18. The normalized spacial score (nSPS) is 12.6. The van der Waals surface area contributed by atoms with Gasteiger partial charge >= 0.3 is 0 Å². The first-order valence-electron chi connectivity index (χ1n) is 7.11. The van der Waals surface area contributed by atoms with E-state index in [9.17, 15) is 5.26 Å². The Kier molecular flexibility index (Phi) is 2.64. The minimum absolute atomic E-state index is 0.257. The Labute approximate surface area is 128 Å². The maximum absolute atomic E-state index is 9.49. The highest BCUT2D eigenvalue weighted by molar-refractivity contribution is 5.90. The van der Waals surface area contributed by atoms with E-state index in [0.29, 0.717) is 5.56 Å². The molecule has 0 unspecified atom stereocenters. The van der Waals surface area contributed by atoms with E-state index in [1.54, 1.807) is 0 Å². The molecule has 4 nitrogen and oxygen atoms in total. The quantitative estimate of drug-likeness (QED) is 0.684. The lowest BCUT2D eigenvalue weighted by Gasteiger charge is -2.09. The van der Waals surface area contributed by atoms with Crippen molar-refractivity contribution in [2.24, 2.45) is 0 Å². The van der Waals surface area contributed by atoms with Gasteiger partial charge in [-0.25, -0.2) is 0 Å². The Morgan fingerprint density at radius 2 is 1.86 bits per heavy atom. The summed E-state index contributed by atoms with van der Waals surface area (Å²) in [6, 6.07) is 14.3. The molecule has 2 aromatic carbocycles. The molecule has 4 heteroatoms. The van der Waals surface area contributed by atoms with Crippen LogP contribution in [0.4, 0.5) is 0 Å². The van der Waals surface area contributed by atoms with E-state index in [-0.39, 0.29) is 6.79 Å². The van der Waals surface area contributed by atoms with Gasteiger partial charge in [0.1, 0.15) is 6.07 Å². The van der Waals surface area contributed by atoms with Gasteiger partial charge in [-0.05, 0) is 37.6 Å². The Morgan fingerprint density at radius 3 is 2.68 bits per heavy atom. The average Bonchev–Trinajstić information content (AvgIpc) is 3.07. The summed E-state index contributed by atoms with van der Waals surface area (Å²) >= 11 is 0. The first kappa shape index (κ1) is 12.8. The maximum atomic E-state index is 9.49. The van der Waals surface area contributed by atoms with E-state index in [1.807, 2.05) is 37.3 Å². The Balaban J connectivity index is 2.04. The Bertz CT molecular complexity index is 948. The molecule has 2 heterocycles. The molecule has 0 aliphatic carbocycles. The minimum atomic E-state index is 0.257. The largest absolute Gasteiger partial charge is 0.454 e. The average molecular weight is 290 g/mol. The summed E-state index contributed by atoms with van der Waals surface area (Å²) in [6.45, 7) is 4.28. The lowest BCUT2D eigenvalue weighted by molar-refractivity contribution is 0.174. The van der Waals surface area contributed by atoms with Crippen LogP contribution >= 0.6 is 0 Å². The molecule has 0 saturated carbocycles. The zero-order valence-corrected chi connectivity index (χ0v) is 12.4. The number of nitriles is 1. The van der Waals surface area contributed by atoms with Gasteiger partial charge in [0.2, 0.25) is 6.79 Å². The van der Waals surface area contributed by atoms with E-state index < -0.39 is 0 Å². The number of ether oxygens (including phenoxy) is 2. The second-order valence-corrected chi connectivity index (χ2v) is 5.47. The van der Waals surface area contributed by atoms with E-state index in [0.717, 1.165) is 39.3 Å². The smallest absolute Gasteiger partial charge is 0.231 e. The SMILES string of the molecule is Cc1ccc2c(C#N)c(C)n(-c3ccc4c(c3)OCO4)c2c1. The molecule has 0 saturated heterocycles. The van der Waals surface area contributed by atoms with Crippen molar-refractivity contribution in [1.82, 2.24) is 4.57 Å². The van der Waals surface area contributed by atoms with Crippen LogP contribution in [0.2, 0.25) is 0 Å². The van der Waals surface area contributed by atoms with Gasteiger partial charge in [-0.15, -0.1) is 0 Å². The fourth-order valence-electron chi connectivity index (χ4n) is 3.02. The molecule has 0 bridgehead atoms. The van der Waals surface area contributed by atoms with Crippen LogP contribution in [0.1, 0.15) is 16.8 Å². The molecular formula is C18H14N2O2. The predicted molar refractivity (Wildman–Crippen MR) is 83.6 cm³/mol. The number of rotatable bonds is 1. The van der Waals surface area contributed by atoms with Crippen molar-refractivity contribution in [3.05, 3.63) is 53.2 Å². The molecule has 0 amide bonds. The summed E-state index contributed by atoms with van der Waals surface area (Å²) < 4.78 is 12.9. The molecule has 108 valence electrons. The van der Waals surface area contributed by atoms with E-state index in [2.05, 4.69) is 23.6 Å². The van der Waals surface area contributed by atoms with Crippen molar-refractivity contribution >= 4 is 10.9 Å². The van der Waals surface area contributed by atoms with Crippen molar-refractivity contribution < 1.29 is 9.47 Å². The van der Waals surface area contributed by atoms with Crippen LogP contribution in [-0.4, -0.2) is 11.4 Å². The molecule has 0 fully saturated rings. The zero-order valence-electron chi connectivity index (χ0n) is 12.4. The molecule has 1 aliphatic rings. The monoisotopic (exact) mass is 290 g/mol. The lowest BCUT2D eigenvalue weighted by atomic mass is 10.1. The van der Waals surface area contributed by atoms with Gasteiger partial charge < -0.3 is 14.0 Å². The van der Waals surface area contributed by atoms with Crippen LogP contribution in [0.25, 0.3) is 16.6 Å². The van der Waals surface area contributed by atoms with Gasteiger partial charge in [0.15, 0.2) is 11.5 Å². The second-order valence-electron chi connectivity index (χ2n) is 5.47. The number of hydrogen-bond acceptors (Lipinski definition) is 3. The fraction of sp³-hybridized carbons (Fsp3) is 0.167. The molecule has 1 aliphatic heterocycles. The highest BCUT2D eigenvalue weighted by atomic mass is 16.7. The lowest BCUT2D eigenvalue weighted by Crippen LogP contribution is -1.97. The Morgan fingerprint density at radius 1 is 1.05 bits per heavy atom. The third-order valence-corrected chi connectivity index (χ3v) is 4.09. The van der Waals surface area contributed by atoms with Crippen molar-refractivity contribution in [2.75, 3.05) is 6.79 Å². The van der Waals surface area contributed by atoms with Gasteiger partial charge in [-0.3, -0.25) is 0 Å². The zero-order chi connectivity index (χ0) is 15.3. The molecule has 0 N–H and O–H groups in total. The van der Waals surface area contributed by atoms with Gasteiger partial charge in [0, 0.05) is 22.8 Å². The summed E-state index contributed by atoms with van der Waals surface area (Å²) in [7, 11) is 0. The van der Waals surface area contributed by atoms with Crippen LogP contribution in [0, 0.1) is 25.2 Å². The number of nitrogens with zero attached hydrogens (tertiary/aromatic N) is 2. The van der Waals surface area contributed by atoms with Crippen LogP contribution in [0.15, 0.2) is 36.4 Å². The number of aromatic nitrogens is 1. The molecule has 22 heavy (non-hydrogen) atoms. The molecule has 0 spiro atoms. The maximum Gasteiger partial charge on any atom is 0.231 e. The standard InChI is InChI=1S/C18H14N2O2/c1-11-3-5-14-15(9-19)12(2)20(16(14)7-11)13-4-6-17-18(8-13)22-10-21-17/h3-8H,10H2,1-2H3. The van der Waals surface area contributed by atoms with E-state index >= 15 is 0 Å². The molecule has 4 rings (SSSR count). The van der Waals surface area contributed by atoms with Gasteiger partial charge in [-0.2, -0.15) is 5.26 Å². The van der Waals surface area contributed by atoms with Crippen molar-refractivity contribution in [3.8, 4) is 23.3 Å². The van der Waals surface area contributed by atoms with Crippen LogP contribution in [0.5, 0.6) is 11.5 Å². The van der Waals surface area contributed by atoms with E-state index in [4.69, 9.17) is 9.47 Å². The van der Waals surface area contributed by atoms with E-state index in [1.165, 1.54) is 0 Å². The van der Waals surface area contributed by atoms with Gasteiger partial charge in [0.25, 0.3) is 0 Å². The van der Waals surface area contributed by atoms with Crippen molar-refractivity contribution in [2.45, 2.75) is 13.8 Å².